The van der Waals surface area contributed by atoms with Gasteiger partial charge in [0.25, 0.3) is 0 Å². The lowest BCUT2D eigenvalue weighted by atomic mass is 9.79. The molecule has 1 saturated heterocycles. The lowest BCUT2D eigenvalue weighted by molar-refractivity contribution is -0.145. The molecule has 1 aliphatic heterocycles. The van der Waals surface area contributed by atoms with Crippen molar-refractivity contribution >= 4 is 19.2 Å². The molecule has 30 heavy (non-hydrogen) atoms. The van der Waals surface area contributed by atoms with E-state index in [1.54, 1.807) is 0 Å². The largest absolute Gasteiger partial charge is 0.466 e. The van der Waals surface area contributed by atoms with Gasteiger partial charge in [0.1, 0.15) is 0 Å². The van der Waals surface area contributed by atoms with E-state index in [9.17, 15) is 4.79 Å². The second-order valence-corrected chi connectivity index (χ2v) is 9.85. The van der Waals surface area contributed by atoms with Crippen molar-refractivity contribution in [2.24, 2.45) is 5.92 Å². The van der Waals surface area contributed by atoms with Crippen LogP contribution in [0.1, 0.15) is 25.0 Å². The standard InChI is InChI=1S/C27H27O2P/c1-3-25-24(26(28)29-4-2)20-30(23-18-12-7-13-19-23)27(25,21-14-8-5-9-15-21)22-16-10-6-11-17-22/h3,5-19,24H,4,20H2,1-2H3. The van der Waals surface area contributed by atoms with Crippen LogP contribution in [0.2, 0.25) is 0 Å². The zero-order valence-electron chi connectivity index (χ0n) is 17.5. The highest BCUT2D eigenvalue weighted by Crippen LogP contribution is 2.70. The highest BCUT2D eigenvalue weighted by atomic mass is 31.1. The van der Waals surface area contributed by atoms with Crippen molar-refractivity contribution in [3.8, 4) is 0 Å². The summed E-state index contributed by atoms with van der Waals surface area (Å²) in [6.45, 7) is 4.34. The average Bonchev–Trinajstić information content (AvgIpc) is 3.17. The van der Waals surface area contributed by atoms with E-state index in [2.05, 4.69) is 104 Å². The Morgan fingerprint density at radius 3 is 1.90 bits per heavy atom. The van der Waals surface area contributed by atoms with Crippen LogP contribution in [0.15, 0.2) is 103 Å². The van der Waals surface area contributed by atoms with E-state index in [0.29, 0.717) is 6.61 Å². The highest BCUT2D eigenvalue weighted by Gasteiger charge is 2.55. The molecule has 0 aromatic heterocycles. The summed E-state index contributed by atoms with van der Waals surface area (Å²) >= 11 is 0. The number of ether oxygens (including phenoxy) is 1. The molecule has 4 rings (SSSR count). The molecule has 3 aromatic rings. The molecule has 2 atom stereocenters. The SMILES string of the molecule is CC=C1C(C(=O)OCC)CP(c2ccccc2)C1(c1ccccc1)c1ccccc1. The number of esters is 1. The lowest BCUT2D eigenvalue weighted by Gasteiger charge is -2.39. The van der Waals surface area contributed by atoms with E-state index in [4.69, 9.17) is 4.74 Å². The molecule has 3 aromatic carbocycles. The Labute approximate surface area is 180 Å². The van der Waals surface area contributed by atoms with Gasteiger partial charge in [0.15, 0.2) is 0 Å². The van der Waals surface area contributed by atoms with Gasteiger partial charge in [-0.1, -0.05) is 105 Å². The Hall–Kier alpha value is -2.70. The fraction of sp³-hybridized carbons (Fsp3) is 0.222. The second kappa shape index (κ2) is 8.98. The first-order chi connectivity index (χ1) is 14.7. The van der Waals surface area contributed by atoms with Gasteiger partial charge in [-0.2, -0.15) is 0 Å². The van der Waals surface area contributed by atoms with Crippen LogP contribution in [0, 0.1) is 5.92 Å². The Balaban J connectivity index is 2.03. The van der Waals surface area contributed by atoms with Gasteiger partial charge in [-0.05, 0) is 42.0 Å². The first kappa shape index (κ1) is 20.6. The van der Waals surface area contributed by atoms with Gasteiger partial charge < -0.3 is 4.74 Å². The summed E-state index contributed by atoms with van der Waals surface area (Å²) in [6.07, 6.45) is 2.95. The summed E-state index contributed by atoms with van der Waals surface area (Å²) in [6, 6.07) is 32.0. The minimum absolute atomic E-state index is 0.109. The molecular formula is C27H27O2P. The lowest BCUT2D eigenvalue weighted by Crippen LogP contribution is -2.30. The number of carbonyl (C=O) groups excluding carboxylic acids is 1. The smallest absolute Gasteiger partial charge is 0.313 e. The normalized spacial score (nSPS) is 21.5. The van der Waals surface area contributed by atoms with Crippen LogP contribution < -0.4 is 5.30 Å². The second-order valence-electron chi connectivity index (χ2n) is 7.44. The summed E-state index contributed by atoms with van der Waals surface area (Å²) in [5, 5.41) is 0.956. The van der Waals surface area contributed by atoms with E-state index in [-0.39, 0.29) is 17.0 Å². The molecule has 0 aliphatic carbocycles. The maximum Gasteiger partial charge on any atom is 0.313 e. The quantitative estimate of drug-likeness (QED) is 0.296. The fourth-order valence-electron chi connectivity index (χ4n) is 4.76. The zero-order valence-corrected chi connectivity index (χ0v) is 18.4. The molecule has 0 N–H and O–H groups in total. The van der Waals surface area contributed by atoms with Crippen molar-refractivity contribution in [1.29, 1.82) is 0 Å². The molecule has 0 amide bonds. The van der Waals surface area contributed by atoms with Crippen LogP contribution >= 0.6 is 7.92 Å². The third-order valence-electron chi connectivity index (χ3n) is 5.90. The summed E-state index contributed by atoms with van der Waals surface area (Å²) in [5.41, 5.74) is 3.64. The van der Waals surface area contributed by atoms with E-state index in [0.717, 1.165) is 11.7 Å². The van der Waals surface area contributed by atoms with Crippen LogP contribution in [0.25, 0.3) is 0 Å². The van der Waals surface area contributed by atoms with E-state index >= 15 is 0 Å². The maximum atomic E-state index is 13.1. The van der Waals surface area contributed by atoms with Crippen LogP contribution in [-0.4, -0.2) is 18.7 Å². The number of allylic oxidation sites excluding steroid dienone is 1. The molecule has 0 radical (unpaired) electrons. The average molecular weight is 414 g/mol. The van der Waals surface area contributed by atoms with Crippen LogP contribution in [0.3, 0.4) is 0 Å². The monoisotopic (exact) mass is 414 g/mol. The van der Waals surface area contributed by atoms with Crippen molar-refractivity contribution in [2.75, 3.05) is 12.8 Å². The van der Waals surface area contributed by atoms with Crippen LogP contribution in [0.4, 0.5) is 0 Å². The maximum absolute atomic E-state index is 13.1. The first-order valence-corrected chi connectivity index (χ1v) is 12.0. The van der Waals surface area contributed by atoms with E-state index < -0.39 is 7.92 Å². The molecule has 3 heteroatoms. The molecule has 1 heterocycles. The van der Waals surface area contributed by atoms with Crippen molar-refractivity contribution < 1.29 is 9.53 Å². The van der Waals surface area contributed by atoms with Crippen LogP contribution in [0.5, 0.6) is 0 Å². The minimum Gasteiger partial charge on any atom is -0.466 e. The van der Waals surface area contributed by atoms with Crippen molar-refractivity contribution in [3.63, 3.8) is 0 Å². The van der Waals surface area contributed by atoms with Crippen molar-refractivity contribution in [2.45, 2.75) is 19.0 Å². The molecule has 2 nitrogen and oxygen atoms in total. The van der Waals surface area contributed by atoms with Gasteiger partial charge in [0, 0.05) is 0 Å². The Bertz CT molecular complexity index is 973. The molecule has 1 aliphatic rings. The minimum atomic E-state index is -0.737. The third kappa shape index (κ3) is 3.40. The third-order valence-corrected chi connectivity index (χ3v) is 9.13. The Morgan fingerprint density at radius 2 is 1.43 bits per heavy atom. The molecule has 0 bridgehead atoms. The molecular weight excluding hydrogens is 387 g/mol. The molecule has 2 unspecified atom stereocenters. The summed E-state index contributed by atoms with van der Waals surface area (Å²) < 4.78 is 5.54. The van der Waals surface area contributed by atoms with Crippen molar-refractivity contribution in [1.82, 2.24) is 0 Å². The van der Waals surface area contributed by atoms with Gasteiger partial charge in [0.05, 0.1) is 17.7 Å². The number of rotatable bonds is 5. The van der Waals surface area contributed by atoms with E-state index in [1.807, 2.05) is 6.92 Å². The zero-order chi connectivity index (χ0) is 21.0. The number of carbonyl (C=O) groups is 1. The molecule has 1 fully saturated rings. The van der Waals surface area contributed by atoms with Gasteiger partial charge in [-0.3, -0.25) is 4.79 Å². The van der Waals surface area contributed by atoms with Gasteiger partial charge in [-0.25, -0.2) is 0 Å². The van der Waals surface area contributed by atoms with E-state index in [1.165, 1.54) is 16.4 Å². The van der Waals surface area contributed by atoms with Crippen molar-refractivity contribution in [3.05, 3.63) is 114 Å². The van der Waals surface area contributed by atoms with Gasteiger partial charge >= 0.3 is 5.97 Å². The predicted molar refractivity (Wildman–Crippen MR) is 125 cm³/mol. The predicted octanol–water partition coefficient (Wildman–Crippen LogP) is 5.88. The highest BCUT2D eigenvalue weighted by molar-refractivity contribution is 7.67. The topological polar surface area (TPSA) is 26.3 Å². The number of hydrogen-bond donors (Lipinski definition) is 0. The first-order valence-electron chi connectivity index (χ1n) is 10.5. The van der Waals surface area contributed by atoms with Gasteiger partial charge in [0.2, 0.25) is 0 Å². The Morgan fingerprint density at radius 1 is 0.933 bits per heavy atom. The molecule has 152 valence electrons. The molecule has 0 saturated carbocycles. The number of hydrogen-bond acceptors (Lipinski definition) is 2. The summed E-state index contributed by atoms with van der Waals surface area (Å²) in [5.74, 6) is -0.343. The van der Waals surface area contributed by atoms with Gasteiger partial charge in [-0.15, -0.1) is 0 Å². The number of benzene rings is 3. The fourth-order valence-corrected chi connectivity index (χ4v) is 8.39. The molecule has 0 spiro atoms. The summed E-state index contributed by atoms with van der Waals surface area (Å²) in [7, 11) is -0.737. The summed E-state index contributed by atoms with van der Waals surface area (Å²) in [4.78, 5) is 13.1. The Kier molecular flexibility index (Phi) is 6.16. The van der Waals surface area contributed by atoms with Crippen LogP contribution in [-0.2, 0) is 14.7 Å².